The van der Waals surface area contributed by atoms with E-state index in [1.54, 1.807) is 55.6 Å². The Hall–Kier alpha value is -2.53. The lowest BCUT2D eigenvalue weighted by Crippen LogP contribution is -2.42. The number of hydrogen-bond acceptors (Lipinski definition) is 3. The standard InChI is InChI=1S/C16H15ClN2O3/c1-22-14-8-2-11(3-9-14)10-15(20)18-19-16(21)12-4-6-13(17)7-5-12/h2-9H,10H2,1H3,(H,18,20)(H,19,21). The van der Waals surface area contributed by atoms with E-state index in [4.69, 9.17) is 16.3 Å². The maximum absolute atomic E-state index is 11.8. The predicted octanol–water partition coefficient (Wildman–Crippen LogP) is 2.35. The second-order valence-corrected chi connectivity index (χ2v) is 4.97. The number of nitrogens with one attached hydrogen (secondary N) is 2. The van der Waals surface area contributed by atoms with E-state index in [1.807, 2.05) is 0 Å². The Morgan fingerprint density at radius 3 is 2.23 bits per heavy atom. The van der Waals surface area contributed by atoms with Gasteiger partial charge in [0.15, 0.2) is 0 Å². The minimum Gasteiger partial charge on any atom is -0.497 e. The van der Waals surface area contributed by atoms with Gasteiger partial charge < -0.3 is 4.74 Å². The molecule has 5 nitrogen and oxygen atoms in total. The molecular weight excluding hydrogens is 304 g/mol. The number of ether oxygens (including phenoxy) is 1. The first kappa shape index (κ1) is 15.9. The maximum Gasteiger partial charge on any atom is 0.269 e. The van der Waals surface area contributed by atoms with Gasteiger partial charge in [-0.05, 0) is 42.0 Å². The van der Waals surface area contributed by atoms with E-state index in [-0.39, 0.29) is 12.3 Å². The first-order valence-corrected chi connectivity index (χ1v) is 6.94. The lowest BCUT2D eigenvalue weighted by atomic mass is 10.1. The van der Waals surface area contributed by atoms with Crippen LogP contribution in [-0.2, 0) is 11.2 Å². The predicted molar refractivity (Wildman–Crippen MR) is 83.8 cm³/mol. The van der Waals surface area contributed by atoms with Crippen LogP contribution in [0.4, 0.5) is 0 Å². The number of hydrogen-bond donors (Lipinski definition) is 2. The van der Waals surface area contributed by atoms with Crippen LogP contribution >= 0.6 is 11.6 Å². The van der Waals surface area contributed by atoms with Crippen LogP contribution in [-0.4, -0.2) is 18.9 Å². The van der Waals surface area contributed by atoms with Crippen LogP contribution in [0.15, 0.2) is 48.5 Å². The fourth-order valence-electron chi connectivity index (χ4n) is 1.77. The molecule has 22 heavy (non-hydrogen) atoms. The molecule has 2 amide bonds. The molecule has 0 aliphatic carbocycles. The van der Waals surface area contributed by atoms with Gasteiger partial charge in [-0.15, -0.1) is 0 Å². The SMILES string of the molecule is COc1ccc(CC(=O)NNC(=O)c2ccc(Cl)cc2)cc1. The molecule has 0 fully saturated rings. The second kappa shape index (κ2) is 7.47. The highest BCUT2D eigenvalue weighted by molar-refractivity contribution is 6.30. The fraction of sp³-hybridized carbons (Fsp3) is 0.125. The molecule has 2 N–H and O–H groups in total. The van der Waals surface area contributed by atoms with Crippen LogP contribution < -0.4 is 15.6 Å². The Morgan fingerprint density at radius 1 is 1.00 bits per heavy atom. The van der Waals surface area contributed by atoms with Crippen molar-refractivity contribution in [1.29, 1.82) is 0 Å². The highest BCUT2D eigenvalue weighted by Gasteiger charge is 2.08. The lowest BCUT2D eigenvalue weighted by molar-refractivity contribution is -0.121. The zero-order valence-electron chi connectivity index (χ0n) is 11.9. The summed E-state index contributed by atoms with van der Waals surface area (Å²) in [6.45, 7) is 0. The molecule has 0 heterocycles. The number of carbonyl (C=O) groups excluding carboxylic acids is 2. The minimum atomic E-state index is -0.403. The van der Waals surface area contributed by atoms with Crippen LogP contribution in [0.1, 0.15) is 15.9 Å². The lowest BCUT2D eigenvalue weighted by Gasteiger charge is -2.08. The topological polar surface area (TPSA) is 67.4 Å². The third kappa shape index (κ3) is 4.49. The maximum atomic E-state index is 11.8. The van der Waals surface area contributed by atoms with Gasteiger partial charge in [0.1, 0.15) is 5.75 Å². The van der Waals surface area contributed by atoms with Gasteiger partial charge in [-0.25, -0.2) is 0 Å². The molecule has 2 rings (SSSR count). The summed E-state index contributed by atoms with van der Waals surface area (Å²) in [5, 5.41) is 0.542. The summed E-state index contributed by atoms with van der Waals surface area (Å²) >= 11 is 5.75. The van der Waals surface area contributed by atoms with Crippen LogP contribution in [0.25, 0.3) is 0 Å². The van der Waals surface area contributed by atoms with E-state index in [0.29, 0.717) is 10.6 Å². The number of hydrazine groups is 1. The molecule has 0 spiro atoms. The molecule has 0 aliphatic heterocycles. The molecule has 6 heteroatoms. The van der Waals surface area contributed by atoms with Crippen molar-refractivity contribution in [3.8, 4) is 5.75 Å². The van der Waals surface area contributed by atoms with Crippen molar-refractivity contribution < 1.29 is 14.3 Å². The number of rotatable bonds is 4. The van der Waals surface area contributed by atoms with Crippen LogP contribution in [0.3, 0.4) is 0 Å². The average molecular weight is 319 g/mol. The average Bonchev–Trinajstić information content (AvgIpc) is 2.54. The normalized spacial score (nSPS) is 9.91. The third-order valence-electron chi connectivity index (χ3n) is 2.95. The summed E-state index contributed by atoms with van der Waals surface area (Å²) in [4.78, 5) is 23.6. The molecule has 0 aliphatic rings. The van der Waals surface area contributed by atoms with Gasteiger partial charge in [0.25, 0.3) is 5.91 Å². The van der Waals surface area contributed by atoms with Gasteiger partial charge in [-0.3, -0.25) is 20.4 Å². The molecular formula is C16H15ClN2O3. The number of halogens is 1. The van der Waals surface area contributed by atoms with Crippen molar-refractivity contribution in [2.45, 2.75) is 6.42 Å². The number of amides is 2. The Balaban J connectivity index is 1.84. The summed E-state index contributed by atoms with van der Waals surface area (Å²) < 4.78 is 5.04. The van der Waals surface area contributed by atoms with Crippen molar-refractivity contribution in [1.82, 2.24) is 10.9 Å². The smallest absolute Gasteiger partial charge is 0.269 e. The van der Waals surface area contributed by atoms with Crippen molar-refractivity contribution in [2.24, 2.45) is 0 Å². The monoisotopic (exact) mass is 318 g/mol. The Labute approximate surface area is 133 Å². The van der Waals surface area contributed by atoms with Gasteiger partial charge in [-0.1, -0.05) is 23.7 Å². The first-order valence-electron chi connectivity index (χ1n) is 6.56. The summed E-state index contributed by atoms with van der Waals surface area (Å²) in [6.07, 6.45) is 0.158. The third-order valence-corrected chi connectivity index (χ3v) is 3.20. The van der Waals surface area contributed by atoms with E-state index in [9.17, 15) is 9.59 Å². The van der Waals surface area contributed by atoms with Gasteiger partial charge in [0, 0.05) is 10.6 Å². The van der Waals surface area contributed by atoms with Crippen molar-refractivity contribution in [3.05, 3.63) is 64.7 Å². The van der Waals surface area contributed by atoms with Gasteiger partial charge in [-0.2, -0.15) is 0 Å². The Kier molecular flexibility index (Phi) is 5.38. The fourth-order valence-corrected chi connectivity index (χ4v) is 1.90. The van der Waals surface area contributed by atoms with E-state index in [2.05, 4.69) is 10.9 Å². The summed E-state index contributed by atoms with van der Waals surface area (Å²) in [7, 11) is 1.58. The molecule has 2 aromatic carbocycles. The minimum absolute atomic E-state index is 0.158. The Morgan fingerprint density at radius 2 is 1.64 bits per heavy atom. The highest BCUT2D eigenvalue weighted by Crippen LogP contribution is 2.11. The van der Waals surface area contributed by atoms with Gasteiger partial charge in [0.05, 0.1) is 13.5 Å². The van der Waals surface area contributed by atoms with Crippen molar-refractivity contribution in [3.63, 3.8) is 0 Å². The van der Waals surface area contributed by atoms with Gasteiger partial charge >= 0.3 is 0 Å². The zero-order chi connectivity index (χ0) is 15.9. The van der Waals surface area contributed by atoms with E-state index in [0.717, 1.165) is 11.3 Å². The molecule has 0 bridgehead atoms. The van der Waals surface area contributed by atoms with E-state index in [1.165, 1.54) is 0 Å². The molecule has 0 aromatic heterocycles. The molecule has 2 aromatic rings. The number of carbonyl (C=O) groups is 2. The van der Waals surface area contributed by atoms with E-state index < -0.39 is 5.91 Å². The number of benzene rings is 2. The summed E-state index contributed by atoms with van der Waals surface area (Å²) in [5.41, 5.74) is 5.95. The largest absolute Gasteiger partial charge is 0.497 e. The van der Waals surface area contributed by atoms with Crippen LogP contribution in [0, 0.1) is 0 Å². The molecule has 0 saturated carbocycles. The Bertz CT molecular complexity index is 654. The van der Waals surface area contributed by atoms with Crippen molar-refractivity contribution >= 4 is 23.4 Å². The quantitative estimate of drug-likeness (QED) is 0.850. The van der Waals surface area contributed by atoms with E-state index >= 15 is 0 Å². The van der Waals surface area contributed by atoms with Crippen molar-refractivity contribution in [2.75, 3.05) is 7.11 Å². The summed E-state index contributed by atoms with van der Waals surface area (Å²) in [5.74, 6) is 0.00688. The molecule has 0 saturated heterocycles. The first-order chi connectivity index (χ1) is 10.6. The number of methoxy groups -OCH3 is 1. The second-order valence-electron chi connectivity index (χ2n) is 4.53. The highest BCUT2D eigenvalue weighted by atomic mass is 35.5. The molecule has 0 radical (unpaired) electrons. The van der Waals surface area contributed by atoms with Gasteiger partial charge in [0.2, 0.25) is 5.91 Å². The summed E-state index contributed by atoms with van der Waals surface area (Å²) in [6, 6.07) is 13.5. The zero-order valence-corrected chi connectivity index (χ0v) is 12.7. The molecule has 0 unspecified atom stereocenters. The van der Waals surface area contributed by atoms with Crippen LogP contribution in [0.2, 0.25) is 5.02 Å². The molecule has 114 valence electrons. The molecule has 0 atom stereocenters. The van der Waals surface area contributed by atoms with Crippen LogP contribution in [0.5, 0.6) is 5.75 Å².